The van der Waals surface area contributed by atoms with Crippen LogP contribution in [0.3, 0.4) is 0 Å². The number of hydrogen-bond donors (Lipinski definition) is 3. The fourth-order valence-corrected chi connectivity index (χ4v) is 3.64. The van der Waals surface area contributed by atoms with E-state index in [1.807, 2.05) is 25.1 Å². The van der Waals surface area contributed by atoms with Crippen LogP contribution in [0.5, 0.6) is 0 Å². The summed E-state index contributed by atoms with van der Waals surface area (Å²) in [6.07, 6.45) is 1.94. The van der Waals surface area contributed by atoms with Crippen LogP contribution in [0.2, 0.25) is 0 Å². The Labute approximate surface area is 164 Å². The highest BCUT2D eigenvalue weighted by atomic mass is 35.5. The molecule has 4 rings (SSSR count). The lowest BCUT2D eigenvalue weighted by Gasteiger charge is -2.11. The van der Waals surface area contributed by atoms with E-state index in [0.29, 0.717) is 12.1 Å². The number of carbonyl (C=O) groups is 1. The fraction of sp³-hybridized carbons (Fsp3) is 0.286. The van der Waals surface area contributed by atoms with Crippen molar-refractivity contribution in [3.63, 3.8) is 0 Å². The van der Waals surface area contributed by atoms with Gasteiger partial charge in [0.15, 0.2) is 0 Å². The molecule has 2 heterocycles. The van der Waals surface area contributed by atoms with Gasteiger partial charge in [-0.1, -0.05) is 18.2 Å². The van der Waals surface area contributed by atoms with Crippen molar-refractivity contribution in [1.29, 1.82) is 0 Å². The van der Waals surface area contributed by atoms with Crippen molar-refractivity contribution < 1.29 is 9.18 Å². The van der Waals surface area contributed by atoms with Crippen molar-refractivity contribution in [2.24, 2.45) is 0 Å². The molecule has 0 aliphatic carbocycles. The van der Waals surface area contributed by atoms with Gasteiger partial charge in [0.25, 0.3) is 0 Å². The Hall–Kier alpha value is -2.37. The summed E-state index contributed by atoms with van der Waals surface area (Å²) in [5.74, 6) is -0.181. The zero-order chi connectivity index (χ0) is 18.1. The second-order valence-electron chi connectivity index (χ2n) is 6.85. The summed E-state index contributed by atoms with van der Waals surface area (Å²) < 4.78 is 14.1. The maximum absolute atomic E-state index is 14.1. The van der Waals surface area contributed by atoms with E-state index in [-0.39, 0.29) is 30.2 Å². The smallest absolute Gasteiger partial charge is 0.237 e. The van der Waals surface area contributed by atoms with Gasteiger partial charge in [-0.25, -0.2) is 4.39 Å². The number of carbonyl (C=O) groups excluding carboxylic acids is 1. The minimum absolute atomic E-state index is 0. The van der Waals surface area contributed by atoms with Crippen LogP contribution >= 0.6 is 12.4 Å². The quantitative estimate of drug-likeness (QED) is 0.632. The van der Waals surface area contributed by atoms with E-state index >= 15 is 0 Å². The highest BCUT2D eigenvalue weighted by Gasteiger charge is 2.21. The van der Waals surface area contributed by atoms with Crippen molar-refractivity contribution in [2.45, 2.75) is 32.4 Å². The van der Waals surface area contributed by atoms with Crippen molar-refractivity contribution >= 4 is 29.2 Å². The van der Waals surface area contributed by atoms with Gasteiger partial charge in [0.05, 0.1) is 11.7 Å². The molecular weight excluding hydrogens is 365 g/mol. The number of fused-ring (bicyclic) bond motifs is 1. The van der Waals surface area contributed by atoms with E-state index in [2.05, 4.69) is 21.7 Å². The van der Waals surface area contributed by atoms with E-state index in [9.17, 15) is 9.18 Å². The average molecular weight is 388 g/mol. The molecule has 3 aromatic rings. The molecule has 27 heavy (non-hydrogen) atoms. The summed E-state index contributed by atoms with van der Waals surface area (Å²) in [5.41, 5.74) is 4.38. The van der Waals surface area contributed by atoms with Gasteiger partial charge in [-0.15, -0.1) is 12.4 Å². The van der Waals surface area contributed by atoms with Gasteiger partial charge in [0.1, 0.15) is 5.82 Å². The second-order valence-corrected chi connectivity index (χ2v) is 6.85. The molecule has 0 bridgehead atoms. The maximum Gasteiger partial charge on any atom is 0.237 e. The van der Waals surface area contributed by atoms with Crippen molar-refractivity contribution in [3.8, 4) is 11.3 Å². The molecule has 6 heteroatoms. The standard InChI is InChI=1S/C21H22FN3O.ClH/c1-13-16-11-14(12-24-21(26)19-7-4-10-23-19)8-9-18(16)25-20(13)15-5-2-3-6-17(15)22;/h2-3,5-6,8-9,11,19,23,25H,4,7,10,12H2,1H3,(H,24,26);1H. The van der Waals surface area contributed by atoms with Crippen molar-refractivity contribution in [3.05, 3.63) is 59.4 Å². The monoisotopic (exact) mass is 387 g/mol. The maximum atomic E-state index is 14.1. The van der Waals surface area contributed by atoms with Gasteiger partial charge in [-0.2, -0.15) is 0 Å². The zero-order valence-electron chi connectivity index (χ0n) is 15.1. The zero-order valence-corrected chi connectivity index (χ0v) is 16.0. The van der Waals surface area contributed by atoms with Crippen molar-refractivity contribution in [2.75, 3.05) is 6.54 Å². The van der Waals surface area contributed by atoms with E-state index in [4.69, 9.17) is 0 Å². The number of benzene rings is 2. The molecule has 4 nitrogen and oxygen atoms in total. The average Bonchev–Trinajstić information content (AvgIpc) is 3.29. The number of rotatable bonds is 4. The summed E-state index contributed by atoms with van der Waals surface area (Å²) in [5, 5.41) is 7.26. The van der Waals surface area contributed by atoms with Gasteiger partial charge < -0.3 is 15.6 Å². The molecule has 1 atom stereocenters. The van der Waals surface area contributed by atoms with Gasteiger partial charge in [0.2, 0.25) is 5.91 Å². The molecule has 1 saturated heterocycles. The summed E-state index contributed by atoms with van der Waals surface area (Å²) in [7, 11) is 0. The first kappa shape index (κ1) is 19.4. The second kappa shape index (κ2) is 8.11. The Morgan fingerprint density at radius 3 is 2.81 bits per heavy atom. The van der Waals surface area contributed by atoms with Crippen LogP contribution in [0.1, 0.15) is 24.0 Å². The van der Waals surface area contributed by atoms with Crippen LogP contribution in [0.25, 0.3) is 22.2 Å². The SMILES string of the molecule is Cc1c(-c2ccccc2F)[nH]c2ccc(CNC(=O)C3CCCN3)cc12.Cl. The molecule has 1 unspecified atom stereocenters. The van der Waals surface area contributed by atoms with Gasteiger partial charge in [-0.05, 0) is 61.7 Å². The summed E-state index contributed by atoms with van der Waals surface area (Å²) >= 11 is 0. The Morgan fingerprint density at radius 2 is 2.07 bits per heavy atom. The topological polar surface area (TPSA) is 56.9 Å². The highest BCUT2D eigenvalue weighted by molar-refractivity contribution is 5.91. The van der Waals surface area contributed by atoms with Crippen LogP contribution < -0.4 is 10.6 Å². The number of aromatic amines is 1. The molecule has 0 spiro atoms. The predicted octanol–water partition coefficient (Wildman–Crippen LogP) is 4.07. The van der Waals surface area contributed by atoms with Crippen LogP contribution in [-0.4, -0.2) is 23.5 Å². The number of aromatic nitrogens is 1. The van der Waals surface area contributed by atoms with E-state index in [0.717, 1.165) is 47.1 Å². The van der Waals surface area contributed by atoms with E-state index in [1.165, 1.54) is 6.07 Å². The third-order valence-corrected chi connectivity index (χ3v) is 5.11. The number of H-pyrrole nitrogens is 1. The summed E-state index contributed by atoms with van der Waals surface area (Å²) in [6, 6.07) is 12.8. The van der Waals surface area contributed by atoms with Crippen LogP contribution in [0.15, 0.2) is 42.5 Å². The fourth-order valence-electron chi connectivity index (χ4n) is 3.64. The van der Waals surface area contributed by atoms with Crippen LogP contribution in [-0.2, 0) is 11.3 Å². The lowest BCUT2D eigenvalue weighted by atomic mass is 10.0. The predicted molar refractivity (Wildman–Crippen MR) is 109 cm³/mol. The number of aryl methyl sites for hydroxylation is 1. The molecular formula is C21H23ClFN3O. The molecule has 1 aromatic heterocycles. The molecule has 0 radical (unpaired) electrons. The minimum atomic E-state index is -0.237. The molecule has 0 saturated carbocycles. The molecule has 3 N–H and O–H groups in total. The third kappa shape index (κ3) is 3.84. The number of halogens is 2. The normalized spacial score (nSPS) is 16.3. The molecule has 1 aliphatic heterocycles. The van der Waals surface area contributed by atoms with Crippen LogP contribution in [0, 0.1) is 12.7 Å². The van der Waals surface area contributed by atoms with Gasteiger partial charge >= 0.3 is 0 Å². The first-order chi connectivity index (χ1) is 12.6. The first-order valence-corrected chi connectivity index (χ1v) is 9.00. The van der Waals surface area contributed by atoms with Crippen molar-refractivity contribution in [1.82, 2.24) is 15.6 Å². The minimum Gasteiger partial charge on any atom is -0.354 e. The number of nitrogens with one attached hydrogen (secondary N) is 3. The summed E-state index contributed by atoms with van der Waals surface area (Å²) in [4.78, 5) is 15.5. The Kier molecular flexibility index (Phi) is 5.82. The lowest BCUT2D eigenvalue weighted by Crippen LogP contribution is -2.39. The molecule has 1 fully saturated rings. The van der Waals surface area contributed by atoms with Gasteiger partial charge in [0, 0.05) is 23.0 Å². The highest BCUT2D eigenvalue weighted by Crippen LogP contribution is 2.31. The molecule has 1 aliphatic rings. The first-order valence-electron chi connectivity index (χ1n) is 9.00. The summed E-state index contributed by atoms with van der Waals surface area (Å²) in [6.45, 7) is 3.39. The Bertz CT molecular complexity index is 963. The molecule has 2 aromatic carbocycles. The van der Waals surface area contributed by atoms with Crippen LogP contribution in [0.4, 0.5) is 4.39 Å². The third-order valence-electron chi connectivity index (χ3n) is 5.11. The van der Waals surface area contributed by atoms with Gasteiger partial charge in [-0.3, -0.25) is 4.79 Å². The van der Waals surface area contributed by atoms with E-state index < -0.39 is 0 Å². The molecule has 142 valence electrons. The largest absolute Gasteiger partial charge is 0.354 e. The number of amides is 1. The Balaban J connectivity index is 0.00000210. The lowest BCUT2D eigenvalue weighted by molar-refractivity contribution is -0.122. The van der Waals surface area contributed by atoms with E-state index in [1.54, 1.807) is 12.1 Å². The molecule has 1 amide bonds. The Morgan fingerprint density at radius 1 is 1.26 bits per heavy atom. The number of hydrogen-bond acceptors (Lipinski definition) is 2.